The van der Waals surface area contributed by atoms with Crippen LogP contribution in [0.1, 0.15) is 13.8 Å². The predicted octanol–water partition coefficient (Wildman–Crippen LogP) is -0.818. The van der Waals surface area contributed by atoms with Crippen molar-refractivity contribution < 1.29 is 19.8 Å². The Kier molecular flexibility index (Phi) is 7.99. The largest absolute Gasteiger partial charge is 0.480 e. The average Bonchev–Trinajstić information content (AvgIpc) is 2.03. The molecule has 0 radical (unpaired) electrons. The molecule has 0 aromatic heterocycles. The third-order valence-corrected chi connectivity index (χ3v) is 1.13. The molecule has 0 aliphatic rings. The molecule has 0 aliphatic heterocycles. The van der Waals surface area contributed by atoms with Crippen molar-refractivity contribution >= 4 is 12.1 Å². The highest BCUT2D eigenvalue weighted by molar-refractivity contribution is 5.73. The second-order valence-electron chi connectivity index (χ2n) is 2.56. The van der Waals surface area contributed by atoms with Gasteiger partial charge in [0, 0.05) is 0 Å². The number of amides is 1. The number of nitrogens with one attached hydrogen (secondary N) is 1. The smallest absolute Gasteiger partial charge is 0.418 e. The minimum Gasteiger partial charge on any atom is -0.480 e. The molecule has 0 saturated heterocycles. The lowest BCUT2D eigenvalue weighted by atomic mass is 10.1. The second kappa shape index (κ2) is 7.32. The van der Waals surface area contributed by atoms with E-state index in [1.807, 2.05) is 0 Å². The molecule has 0 rings (SSSR count). The maximum atomic E-state index is 10.0. The monoisotopic (exact) mass is 193 g/mol. The van der Waals surface area contributed by atoms with Gasteiger partial charge in [0.05, 0.1) is 0 Å². The number of aliphatic carboxylic acids is 1. The number of rotatable bonds is 2. The minimum atomic E-state index is -1.22. The third-order valence-electron chi connectivity index (χ3n) is 1.13. The Bertz CT molecular complexity index is 171. The van der Waals surface area contributed by atoms with Crippen LogP contribution in [0, 0.1) is 5.92 Å². The zero-order valence-electron chi connectivity index (χ0n) is 7.52. The predicted molar refractivity (Wildman–Crippen MR) is 45.8 cm³/mol. The lowest BCUT2D eigenvalue weighted by molar-refractivity contribution is -0.139. The van der Waals surface area contributed by atoms with Crippen LogP contribution in [-0.2, 0) is 4.79 Å². The molecule has 7 nitrogen and oxygen atoms in total. The minimum absolute atomic E-state index is 0.0208. The highest BCUT2D eigenvalue weighted by atomic mass is 16.4. The third kappa shape index (κ3) is 10.7. The fraction of sp³-hybridized carbons (Fsp3) is 0.667. The van der Waals surface area contributed by atoms with Crippen molar-refractivity contribution in [1.29, 1.82) is 0 Å². The molecule has 0 bridgehead atoms. The first-order valence-corrected chi connectivity index (χ1v) is 3.50. The van der Waals surface area contributed by atoms with Crippen LogP contribution in [-0.4, -0.2) is 28.3 Å². The zero-order valence-corrected chi connectivity index (χ0v) is 7.52. The summed E-state index contributed by atoms with van der Waals surface area (Å²) >= 11 is 0. The van der Waals surface area contributed by atoms with Crippen LogP contribution < -0.4 is 17.0 Å². The topological polar surface area (TPSA) is 139 Å². The summed E-state index contributed by atoms with van der Waals surface area (Å²) in [4.78, 5) is 19.1. The van der Waals surface area contributed by atoms with Gasteiger partial charge in [0.2, 0.25) is 0 Å². The summed E-state index contributed by atoms with van der Waals surface area (Å²) in [5.74, 6) is 3.41. The number of hydrogen-bond acceptors (Lipinski definition) is 4. The summed E-state index contributed by atoms with van der Waals surface area (Å²) in [5.41, 5.74) is 6.60. The van der Waals surface area contributed by atoms with Crippen LogP contribution in [0.5, 0.6) is 0 Å². The van der Waals surface area contributed by atoms with Crippen LogP contribution in [0.3, 0.4) is 0 Å². The van der Waals surface area contributed by atoms with Gasteiger partial charge in [-0.2, -0.15) is 0 Å². The van der Waals surface area contributed by atoms with E-state index in [9.17, 15) is 4.79 Å². The van der Waals surface area contributed by atoms with Crippen LogP contribution in [0.4, 0.5) is 4.79 Å². The average molecular weight is 193 g/mol. The first kappa shape index (κ1) is 14.2. The van der Waals surface area contributed by atoms with Gasteiger partial charge in [-0.3, -0.25) is 10.2 Å². The van der Waals surface area contributed by atoms with Crippen molar-refractivity contribution in [1.82, 2.24) is 5.43 Å². The Morgan fingerprint density at radius 3 is 1.62 bits per heavy atom. The molecule has 0 spiro atoms. The molecule has 7 heteroatoms. The van der Waals surface area contributed by atoms with Gasteiger partial charge in [0.1, 0.15) is 6.04 Å². The van der Waals surface area contributed by atoms with Gasteiger partial charge in [-0.05, 0) is 5.92 Å². The maximum Gasteiger partial charge on any atom is 0.418 e. The van der Waals surface area contributed by atoms with Gasteiger partial charge >= 0.3 is 12.1 Å². The van der Waals surface area contributed by atoms with Crippen molar-refractivity contribution in [2.75, 3.05) is 0 Å². The van der Waals surface area contributed by atoms with Crippen LogP contribution in [0.2, 0.25) is 0 Å². The fourth-order valence-corrected chi connectivity index (χ4v) is 0.285. The van der Waals surface area contributed by atoms with E-state index in [2.05, 4.69) is 5.84 Å². The quantitative estimate of drug-likeness (QED) is 0.220. The van der Waals surface area contributed by atoms with Crippen molar-refractivity contribution in [2.24, 2.45) is 17.5 Å². The highest BCUT2D eigenvalue weighted by Crippen LogP contribution is 1.96. The SMILES string of the molecule is CC(C)[C@H](N)C(=O)O.NNC(=O)O. The molecule has 0 aromatic rings. The van der Waals surface area contributed by atoms with Crippen molar-refractivity contribution in [2.45, 2.75) is 19.9 Å². The molecule has 0 unspecified atom stereocenters. The Morgan fingerprint density at radius 1 is 1.31 bits per heavy atom. The molecule has 0 heterocycles. The second-order valence-corrected chi connectivity index (χ2v) is 2.56. The maximum absolute atomic E-state index is 10.0. The number of nitrogens with two attached hydrogens (primary N) is 2. The fourth-order valence-electron chi connectivity index (χ4n) is 0.285. The van der Waals surface area contributed by atoms with E-state index in [1.54, 1.807) is 13.8 Å². The Hall–Kier alpha value is -1.34. The Labute approximate surface area is 75.7 Å². The van der Waals surface area contributed by atoms with E-state index in [-0.39, 0.29) is 5.92 Å². The van der Waals surface area contributed by atoms with Crippen molar-refractivity contribution in [3.05, 3.63) is 0 Å². The molecule has 78 valence electrons. The van der Waals surface area contributed by atoms with Gasteiger partial charge in [-0.25, -0.2) is 10.6 Å². The van der Waals surface area contributed by atoms with Gasteiger partial charge in [-0.1, -0.05) is 13.8 Å². The standard InChI is InChI=1S/C5H11NO2.CH4N2O2/c1-3(2)4(6)5(7)8;2-3-1(4)5/h3-4H,6H2,1-2H3,(H,7,8);3H,2H2,(H,4,5)/t4-;/m0./s1. The lowest BCUT2D eigenvalue weighted by Crippen LogP contribution is -2.34. The van der Waals surface area contributed by atoms with Gasteiger partial charge in [-0.15, -0.1) is 0 Å². The summed E-state index contributed by atoms with van der Waals surface area (Å²) in [5, 5.41) is 15.7. The van der Waals surface area contributed by atoms with E-state index in [1.165, 1.54) is 5.43 Å². The van der Waals surface area contributed by atoms with Crippen molar-refractivity contribution in [3.8, 4) is 0 Å². The first-order chi connectivity index (χ1) is 5.82. The summed E-state index contributed by atoms with van der Waals surface area (Å²) in [6.45, 7) is 3.55. The van der Waals surface area contributed by atoms with Crippen LogP contribution in [0.25, 0.3) is 0 Å². The molecule has 0 saturated carbocycles. The molecule has 7 N–H and O–H groups in total. The van der Waals surface area contributed by atoms with Gasteiger partial charge in [0.25, 0.3) is 0 Å². The van der Waals surface area contributed by atoms with Crippen LogP contribution >= 0.6 is 0 Å². The van der Waals surface area contributed by atoms with E-state index >= 15 is 0 Å². The van der Waals surface area contributed by atoms with Gasteiger partial charge < -0.3 is 15.9 Å². The summed E-state index contributed by atoms with van der Waals surface area (Å²) in [7, 11) is 0. The highest BCUT2D eigenvalue weighted by Gasteiger charge is 2.14. The molecular formula is C6H15N3O4. The summed E-state index contributed by atoms with van der Waals surface area (Å²) < 4.78 is 0. The number of hydrogen-bond donors (Lipinski definition) is 5. The van der Waals surface area contributed by atoms with E-state index in [0.717, 1.165) is 0 Å². The molecular weight excluding hydrogens is 178 g/mol. The number of carboxylic acid groups (broad SMARTS) is 2. The first-order valence-electron chi connectivity index (χ1n) is 3.50. The Morgan fingerprint density at radius 2 is 1.62 bits per heavy atom. The number of hydrazine groups is 1. The summed E-state index contributed by atoms with van der Waals surface area (Å²) in [6, 6.07) is -0.713. The van der Waals surface area contributed by atoms with Crippen LogP contribution in [0.15, 0.2) is 0 Å². The number of carbonyl (C=O) groups is 2. The number of carboxylic acids is 1. The molecule has 1 atom stereocenters. The Balaban J connectivity index is 0. The molecule has 0 fully saturated rings. The molecule has 13 heavy (non-hydrogen) atoms. The molecule has 0 aliphatic carbocycles. The van der Waals surface area contributed by atoms with Crippen molar-refractivity contribution in [3.63, 3.8) is 0 Å². The summed E-state index contributed by atoms with van der Waals surface area (Å²) in [6.07, 6.45) is -1.22. The molecule has 0 aromatic carbocycles. The van der Waals surface area contributed by atoms with E-state index in [0.29, 0.717) is 0 Å². The van der Waals surface area contributed by atoms with Gasteiger partial charge in [0.15, 0.2) is 0 Å². The lowest BCUT2D eigenvalue weighted by Gasteiger charge is -2.07. The molecule has 1 amide bonds. The van der Waals surface area contributed by atoms with E-state index < -0.39 is 18.1 Å². The zero-order chi connectivity index (χ0) is 11.0. The normalized spacial score (nSPS) is 11.2. The van der Waals surface area contributed by atoms with E-state index in [4.69, 9.17) is 20.7 Å².